The highest BCUT2D eigenvalue weighted by Crippen LogP contribution is 2.04. The molecule has 0 spiro atoms. The summed E-state index contributed by atoms with van der Waals surface area (Å²) >= 11 is 0. The van der Waals surface area contributed by atoms with Gasteiger partial charge in [0.2, 0.25) is 0 Å². The second kappa shape index (κ2) is 5.64. The van der Waals surface area contributed by atoms with Crippen molar-refractivity contribution in [3.05, 3.63) is 53.6 Å². The van der Waals surface area contributed by atoms with Crippen LogP contribution < -0.4 is 5.32 Å². The maximum atomic E-state index is 4.27. The first-order valence-corrected chi connectivity index (χ1v) is 5.98. The van der Waals surface area contributed by atoms with Gasteiger partial charge >= 0.3 is 0 Å². The lowest BCUT2D eigenvalue weighted by molar-refractivity contribution is 0.637. The van der Waals surface area contributed by atoms with Crippen LogP contribution in [0.25, 0.3) is 0 Å². The normalized spacial score (nSPS) is 10.7. The Morgan fingerprint density at radius 1 is 1.35 bits per heavy atom. The molecule has 0 bridgehead atoms. The molecule has 0 amide bonds. The highest BCUT2D eigenvalue weighted by molar-refractivity contribution is 5.22. The van der Waals surface area contributed by atoms with E-state index < -0.39 is 0 Å². The lowest BCUT2D eigenvalue weighted by Gasteiger charge is -2.05. The second-order valence-corrected chi connectivity index (χ2v) is 4.37. The minimum atomic E-state index is 0.829. The van der Waals surface area contributed by atoms with Gasteiger partial charge in [-0.05, 0) is 25.5 Å². The predicted molar refractivity (Wildman–Crippen MR) is 69.8 cm³/mol. The highest BCUT2D eigenvalue weighted by Gasteiger charge is 1.98. The van der Waals surface area contributed by atoms with Crippen LogP contribution in [-0.2, 0) is 20.0 Å². The molecule has 0 aliphatic heterocycles. The molecule has 0 saturated carbocycles. The summed E-state index contributed by atoms with van der Waals surface area (Å²) in [6.45, 7) is 3.94. The molecular formula is C14H19N3. The van der Waals surface area contributed by atoms with E-state index in [-0.39, 0.29) is 0 Å². The Balaban J connectivity index is 1.75. The van der Waals surface area contributed by atoms with Crippen LogP contribution in [-0.4, -0.2) is 16.1 Å². The average Bonchev–Trinajstić information content (AvgIpc) is 2.71. The summed E-state index contributed by atoms with van der Waals surface area (Å²) in [6, 6.07) is 8.66. The van der Waals surface area contributed by atoms with Crippen LogP contribution in [0.4, 0.5) is 0 Å². The van der Waals surface area contributed by atoms with E-state index in [9.17, 15) is 0 Å². The molecule has 0 saturated heterocycles. The number of nitrogens with zero attached hydrogens (tertiary/aromatic N) is 2. The molecule has 1 heterocycles. The largest absolute Gasteiger partial charge is 0.337 e. The van der Waals surface area contributed by atoms with Gasteiger partial charge in [-0.2, -0.15) is 0 Å². The zero-order valence-corrected chi connectivity index (χ0v) is 10.5. The molecule has 0 atom stereocenters. The fourth-order valence-corrected chi connectivity index (χ4v) is 1.87. The summed E-state index contributed by atoms with van der Waals surface area (Å²) in [6.07, 6.45) is 4.86. The van der Waals surface area contributed by atoms with Crippen LogP contribution in [0.15, 0.2) is 36.7 Å². The monoisotopic (exact) mass is 229 g/mol. The maximum Gasteiger partial charge on any atom is 0.122 e. The van der Waals surface area contributed by atoms with Gasteiger partial charge in [-0.1, -0.05) is 29.8 Å². The number of hydrogen-bond acceptors (Lipinski definition) is 2. The zero-order chi connectivity index (χ0) is 12.1. The van der Waals surface area contributed by atoms with E-state index in [2.05, 4.69) is 41.5 Å². The lowest BCUT2D eigenvalue weighted by atomic mass is 10.1. The standard InChI is InChI=1S/C14H19N3/c1-12-4-3-5-13(10-12)6-7-15-11-14-16-8-9-17(14)2/h3-5,8-10,15H,6-7,11H2,1-2H3. The molecule has 2 aromatic rings. The number of aryl methyl sites for hydroxylation is 2. The molecule has 3 nitrogen and oxygen atoms in total. The van der Waals surface area contributed by atoms with Crippen molar-refractivity contribution in [1.82, 2.24) is 14.9 Å². The fraction of sp³-hybridized carbons (Fsp3) is 0.357. The number of hydrogen-bond donors (Lipinski definition) is 1. The quantitative estimate of drug-likeness (QED) is 0.795. The van der Waals surface area contributed by atoms with E-state index in [4.69, 9.17) is 0 Å². The van der Waals surface area contributed by atoms with Crippen LogP contribution in [0, 0.1) is 6.92 Å². The van der Waals surface area contributed by atoms with Gasteiger partial charge in [0, 0.05) is 19.4 Å². The third-order valence-corrected chi connectivity index (χ3v) is 2.88. The SMILES string of the molecule is Cc1cccc(CCNCc2nccn2C)c1. The van der Waals surface area contributed by atoms with Crippen molar-refractivity contribution < 1.29 is 0 Å². The molecule has 0 unspecified atom stereocenters. The first-order chi connectivity index (χ1) is 8.25. The molecule has 3 heteroatoms. The van der Waals surface area contributed by atoms with Crippen LogP contribution in [0.1, 0.15) is 17.0 Å². The Bertz CT molecular complexity index is 474. The summed E-state index contributed by atoms with van der Waals surface area (Å²) < 4.78 is 2.04. The Morgan fingerprint density at radius 2 is 2.24 bits per heavy atom. The number of rotatable bonds is 5. The van der Waals surface area contributed by atoms with Crippen molar-refractivity contribution >= 4 is 0 Å². The van der Waals surface area contributed by atoms with Crippen molar-refractivity contribution in [3.8, 4) is 0 Å². The van der Waals surface area contributed by atoms with Gasteiger partial charge in [-0.25, -0.2) is 4.98 Å². The average molecular weight is 229 g/mol. The zero-order valence-electron chi connectivity index (χ0n) is 10.5. The summed E-state index contributed by atoms with van der Waals surface area (Å²) in [4.78, 5) is 4.27. The number of imidazole rings is 1. The van der Waals surface area contributed by atoms with Gasteiger partial charge in [0.25, 0.3) is 0 Å². The van der Waals surface area contributed by atoms with Crippen LogP contribution >= 0.6 is 0 Å². The highest BCUT2D eigenvalue weighted by atomic mass is 15.1. The third-order valence-electron chi connectivity index (χ3n) is 2.88. The first kappa shape index (κ1) is 11.9. The minimum absolute atomic E-state index is 0.829. The molecule has 1 aromatic carbocycles. The smallest absolute Gasteiger partial charge is 0.122 e. The Kier molecular flexibility index (Phi) is 3.94. The third kappa shape index (κ3) is 3.43. The van der Waals surface area contributed by atoms with Crippen LogP contribution in [0.2, 0.25) is 0 Å². The van der Waals surface area contributed by atoms with Crippen LogP contribution in [0.5, 0.6) is 0 Å². The Labute approximate surface area is 103 Å². The number of benzene rings is 1. The predicted octanol–water partition coefficient (Wildman–Crippen LogP) is 2.06. The summed E-state index contributed by atoms with van der Waals surface area (Å²) in [5.41, 5.74) is 2.71. The van der Waals surface area contributed by atoms with Gasteiger partial charge in [0.15, 0.2) is 0 Å². The molecule has 0 radical (unpaired) electrons. The molecule has 2 rings (SSSR count). The van der Waals surface area contributed by atoms with Crippen molar-refractivity contribution in [1.29, 1.82) is 0 Å². The van der Waals surface area contributed by atoms with Gasteiger partial charge in [-0.15, -0.1) is 0 Å². The summed E-state index contributed by atoms with van der Waals surface area (Å²) in [5, 5.41) is 3.41. The van der Waals surface area contributed by atoms with E-state index in [1.54, 1.807) is 0 Å². The minimum Gasteiger partial charge on any atom is -0.337 e. The second-order valence-electron chi connectivity index (χ2n) is 4.37. The van der Waals surface area contributed by atoms with Crippen LogP contribution in [0.3, 0.4) is 0 Å². The topological polar surface area (TPSA) is 29.9 Å². The van der Waals surface area contributed by atoms with Crippen molar-refractivity contribution in [2.24, 2.45) is 7.05 Å². The van der Waals surface area contributed by atoms with Gasteiger partial charge in [0.05, 0.1) is 6.54 Å². The molecule has 0 fully saturated rings. The Hall–Kier alpha value is -1.61. The molecule has 0 aliphatic carbocycles. The molecule has 0 aliphatic rings. The molecule has 17 heavy (non-hydrogen) atoms. The van der Waals surface area contributed by atoms with Gasteiger partial charge in [-0.3, -0.25) is 0 Å². The number of aromatic nitrogens is 2. The van der Waals surface area contributed by atoms with E-state index in [0.29, 0.717) is 0 Å². The van der Waals surface area contributed by atoms with E-state index in [1.807, 2.05) is 24.0 Å². The Morgan fingerprint density at radius 3 is 2.94 bits per heavy atom. The van der Waals surface area contributed by atoms with Crippen molar-refractivity contribution in [3.63, 3.8) is 0 Å². The van der Waals surface area contributed by atoms with E-state index >= 15 is 0 Å². The fourth-order valence-electron chi connectivity index (χ4n) is 1.87. The molecule has 1 aromatic heterocycles. The molecule has 90 valence electrons. The summed E-state index contributed by atoms with van der Waals surface area (Å²) in [5.74, 6) is 1.08. The van der Waals surface area contributed by atoms with E-state index in [0.717, 1.165) is 25.3 Å². The maximum absolute atomic E-state index is 4.27. The van der Waals surface area contributed by atoms with Crippen molar-refractivity contribution in [2.75, 3.05) is 6.54 Å². The van der Waals surface area contributed by atoms with Gasteiger partial charge in [0.1, 0.15) is 5.82 Å². The number of nitrogens with one attached hydrogen (secondary N) is 1. The van der Waals surface area contributed by atoms with Crippen molar-refractivity contribution in [2.45, 2.75) is 19.9 Å². The molecule has 1 N–H and O–H groups in total. The lowest BCUT2D eigenvalue weighted by Crippen LogP contribution is -2.19. The molecular weight excluding hydrogens is 210 g/mol. The first-order valence-electron chi connectivity index (χ1n) is 5.98. The van der Waals surface area contributed by atoms with Gasteiger partial charge < -0.3 is 9.88 Å². The summed E-state index contributed by atoms with van der Waals surface area (Å²) in [7, 11) is 2.02. The van der Waals surface area contributed by atoms with E-state index in [1.165, 1.54) is 11.1 Å².